The number of ether oxygens (including phenoxy) is 2. The normalized spacial score (nSPS) is 20.5. The van der Waals surface area contributed by atoms with Gasteiger partial charge in [-0.15, -0.1) is 5.10 Å². The minimum atomic E-state index is -4.57. The molecule has 0 saturated carbocycles. The van der Waals surface area contributed by atoms with Crippen LogP contribution in [0.5, 0.6) is 0 Å². The summed E-state index contributed by atoms with van der Waals surface area (Å²) in [7, 11) is 0. The van der Waals surface area contributed by atoms with Gasteiger partial charge < -0.3 is 24.7 Å². The summed E-state index contributed by atoms with van der Waals surface area (Å²) in [4.78, 5) is 31.9. The van der Waals surface area contributed by atoms with Crippen molar-refractivity contribution in [3.8, 4) is 0 Å². The lowest BCUT2D eigenvalue weighted by molar-refractivity contribution is -0.137. The zero-order valence-electron chi connectivity index (χ0n) is 21.5. The topological polar surface area (TPSA) is 112 Å². The quantitative estimate of drug-likeness (QED) is 0.486. The molecular formula is C26H26ClF3N6O4. The fraction of sp³-hybridized carbons (Fsp3) is 0.462. The summed E-state index contributed by atoms with van der Waals surface area (Å²) in [6, 6.07) is 2.71. The van der Waals surface area contributed by atoms with Gasteiger partial charge >= 0.3 is 6.18 Å². The average molecular weight is 579 g/mol. The second-order valence-corrected chi connectivity index (χ2v) is 10.5. The van der Waals surface area contributed by atoms with E-state index < -0.39 is 29.4 Å². The van der Waals surface area contributed by atoms with Crippen LogP contribution < -0.4 is 16.2 Å². The predicted octanol–water partition coefficient (Wildman–Crippen LogP) is 3.68. The molecule has 2 aromatic heterocycles. The second kappa shape index (κ2) is 9.98. The van der Waals surface area contributed by atoms with E-state index in [0.29, 0.717) is 62.6 Å². The summed E-state index contributed by atoms with van der Waals surface area (Å²) in [6.07, 6.45) is -1.51. The molecule has 0 bridgehead atoms. The second-order valence-electron chi connectivity index (χ2n) is 10.1. The van der Waals surface area contributed by atoms with Crippen molar-refractivity contribution in [2.45, 2.75) is 50.6 Å². The number of rotatable bonds is 4. The molecule has 5 heterocycles. The van der Waals surface area contributed by atoms with Crippen molar-refractivity contribution in [2.75, 3.05) is 31.6 Å². The maximum atomic E-state index is 13.9. The third-order valence-corrected chi connectivity index (χ3v) is 7.87. The SMILES string of the molecule is C[C@H]1OC2(CCNCC2)c2c1n(CC(=O)Nc1ccc(C(F)(F)F)cc1Cl)c1nc(C3=CCOCC3)nn1c2=O. The van der Waals surface area contributed by atoms with Crippen LogP contribution in [0.25, 0.3) is 11.4 Å². The first-order valence-corrected chi connectivity index (χ1v) is 13.3. The summed E-state index contributed by atoms with van der Waals surface area (Å²) >= 11 is 6.07. The fourth-order valence-corrected chi connectivity index (χ4v) is 5.95. The number of amides is 1. The molecule has 1 fully saturated rings. The van der Waals surface area contributed by atoms with Crippen LogP contribution >= 0.6 is 11.6 Å². The first kappa shape index (κ1) is 26.9. The number of hydrogen-bond donors (Lipinski definition) is 2. The molecule has 6 rings (SSSR count). The number of nitrogens with one attached hydrogen (secondary N) is 2. The van der Waals surface area contributed by atoms with Gasteiger partial charge in [0.05, 0.1) is 46.8 Å². The third-order valence-electron chi connectivity index (χ3n) is 7.56. The van der Waals surface area contributed by atoms with E-state index in [9.17, 15) is 22.8 Å². The fourth-order valence-electron chi connectivity index (χ4n) is 5.72. The molecule has 40 heavy (non-hydrogen) atoms. The standard InChI is InChI=1S/C26H26ClF3N6O4/c1-14-21-20(25(40-14)6-8-31-9-7-25)23(38)36-24(33-22(34-36)15-4-10-39-11-5-15)35(21)13-19(37)32-18-3-2-16(12-17(18)27)26(28,29)30/h2-4,12,14,31H,5-11,13H2,1H3,(H,32,37)/t14-/m1/s1. The van der Waals surface area contributed by atoms with Gasteiger partial charge in [0.1, 0.15) is 12.1 Å². The number of nitrogens with zero attached hydrogens (tertiary/aromatic N) is 4. The summed E-state index contributed by atoms with van der Waals surface area (Å²) in [5.41, 5.74) is -0.244. The Kier molecular flexibility index (Phi) is 6.72. The minimum Gasteiger partial charge on any atom is -0.377 e. The van der Waals surface area contributed by atoms with Gasteiger partial charge in [0.15, 0.2) is 5.82 Å². The van der Waals surface area contributed by atoms with Crippen molar-refractivity contribution in [3.05, 3.63) is 62.3 Å². The van der Waals surface area contributed by atoms with E-state index in [0.717, 1.165) is 23.8 Å². The van der Waals surface area contributed by atoms with Crippen LogP contribution in [0.2, 0.25) is 5.02 Å². The Balaban J connectivity index is 1.44. The van der Waals surface area contributed by atoms with E-state index in [1.54, 1.807) is 4.57 Å². The molecule has 3 aliphatic rings. The predicted molar refractivity (Wildman–Crippen MR) is 139 cm³/mol. The lowest BCUT2D eigenvalue weighted by Crippen LogP contribution is -2.43. The molecule has 14 heteroatoms. The Morgan fingerprint density at radius 3 is 2.75 bits per heavy atom. The third kappa shape index (κ3) is 4.60. The van der Waals surface area contributed by atoms with Gasteiger partial charge in [0.2, 0.25) is 11.7 Å². The average Bonchev–Trinajstić information content (AvgIpc) is 3.48. The number of halogens is 4. The Morgan fingerprint density at radius 1 is 1.30 bits per heavy atom. The highest BCUT2D eigenvalue weighted by Crippen LogP contribution is 2.47. The van der Waals surface area contributed by atoms with Crippen LogP contribution in [0.1, 0.15) is 54.9 Å². The zero-order valence-corrected chi connectivity index (χ0v) is 22.2. The molecule has 0 radical (unpaired) electrons. The van der Waals surface area contributed by atoms with E-state index in [1.807, 2.05) is 13.0 Å². The molecule has 1 spiro atoms. The molecular weight excluding hydrogens is 553 g/mol. The van der Waals surface area contributed by atoms with E-state index >= 15 is 0 Å². The maximum absolute atomic E-state index is 13.9. The van der Waals surface area contributed by atoms with Crippen LogP contribution in [0.4, 0.5) is 18.9 Å². The lowest BCUT2D eigenvalue weighted by Gasteiger charge is -2.33. The van der Waals surface area contributed by atoms with Crippen molar-refractivity contribution in [3.63, 3.8) is 0 Å². The number of alkyl halides is 3. The highest BCUT2D eigenvalue weighted by molar-refractivity contribution is 6.33. The van der Waals surface area contributed by atoms with Crippen molar-refractivity contribution < 1.29 is 27.4 Å². The first-order chi connectivity index (χ1) is 19.1. The summed E-state index contributed by atoms with van der Waals surface area (Å²) < 4.78 is 53.8. The molecule has 0 aliphatic carbocycles. The van der Waals surface area contributed by atoms with Crippen LogP contribution in [-0.4, -0.2) is 51.4 Å². The lowest BCUT2D eigenvalue weighted by atomic mass is 9.86. The highest BCUT2D eigenvalue weighted by atomic mass is 35.5. The van der Waals surface area contributed by atoms with Gasteiger partial charge in [0, 0.05) is 0 Å². The number of anilines is 1. The number of aromatic nitrogens is 4. The number of carbonyl (C=O) groups is 1. The van der Waals surface area contributed by atoms with Crippen molar-refractivity contribution >= 4 is 34.5 Å². The molecule has 1 amide bonds. The van der Waals surface area contributed by atoms with E-state index in [-0.39, 0.29) is 28.6 Å². The van der Waals surface area contributed by atoms with Gasteiger partial charge in [-0.3, -0.25) is 9.59 Å². The molecule has 1 saturated heterocycles. The van der Waals surface area contributed by atoms with E-state index in [1.165, 1.54) is 4.52 Å². The smallest absolute Gasteiger partial charge is 0.377 e. The van der Waals surface area contributed by atoms with Crippen LogP contribution in [-0.2, 0) is 32.6 Å². The molecule has 1 aromatic carbocycles. The largest absolute Gasteiger partial charge is 0.416 e. The number of fused-ring (bicyclic) bond motifs is 3. The molecule has 1 atom stereocenters. The zero-order chi connectivity index (χ0) is 28.2. The number of piperidine rings is 1. The van der Waals surface area contributed by atoms with Crippen LogP contribution in [0.3, 0.4) is 0 Å². The van der Waals surface area contributed by atoms with E-state index in [4.69, 9.17) is 21.1 Å². The number of benzene rings is 1. The monoisotopic (exact) mass is 578 g/mol. The van der Waals surface area contributed by atoms with Gasteiger partial charge in [-0.05, 0) is 63.0 Å². The minimum absolute atomic E-state index is 0.0296. The summed E-state index contributed by atoms with van der Waals surface area (Å²) in [5.74, 6) is -0.0270. The van der Waals surface area contributed by atoms with Gasteiger partial charge in [-0.2, -0.15) is 22.7 Å². The molecule has 3 aliphatic heterocycles. The van der Waals surface area contributed by atoms with Crippen molar-refractivity contribution in [1.82, 2.24) is 24.5 Å². The van der Waals surface area contributed by atoms with Crippen LogP contribution in [0, 0.1) is 0 Å². The van der Waals surface area contributed by atoms with Gasteiger partial charge in [-0.25, -0.2) is 0 Å². The van der Waals surface area contributed by atoms with Gasteiger partial charge in [0.25, 0.3) is 5.56 Å². The molecule has 2 N–H and O–H groups in total. The Labute approximate surface area is 231 Å². The van der Waals surface area contributed by atoms with Crippen molar-refractivity contribution in [1.29, 1.82) is 0 Å². The molecule has 3 aromatic rings. The maximum Gasteiger partial charge on any atom is 0.416 e. The summed E-state index contributed by atoms with van der Waals surface area (Å²) in [6.45, 7) is 3.75. The molecule has 10 nitrogen and oxygen atoms in total. The summed E-state index contributed by atoms with van der Waals surface area (Å²) in [5, 5.41) is 10.2. The Morgan fingerprint density at radius 2 is 2.08 bits per heavy atom. The highest BCUT2D eigenvalue weighted by Gasteiger charge is 2.49. The molecule has 0 unspecified atom stereocenters. The number of carbonyl (C=O) groups excluding carboxylic acids is 1. The van der Waals surface area contributed by atoms with Gasteiger partial charge in [-0.1, -0.05) is 17.7 Å². The Bertz CT molecular complexity index is 1590. The number of hydrogen-bond acceptors (Lipinski definition) is 7. The van der Waals surface area contributed by atoms with Crippen LogP contribution in [0.15, 0.2) is 29.1 Å². The van der Waals surface area contributed by atoms with E-state index in [2.05, 4.69) is 20.7 Å². The molecule has 212 valence electrons. The van der Waals surface area contributed by atoms with Crippen molar-refractivity contribution in [2.24, 2.45) is 0 Å². The first-order valence-electron chi connectivity index (χ1n) is 12.9. The Hall–Kier alpha value is -3.26.